The number of carbonyl (C=O) groups excluding carboxylic acids is 1. The third-order valence-electron chi connectivity index (χ3n) is 6.41. The van der Waals surface area contributed by atoms with Crippen molar-refractivity contribution >= 4 is 49.3 Å². The van der Waals surface area contributed by atoms with Crippen molar-refractivity contribution in [2.75, 3.05) is 6.54 Å². The van der Waals surface area contributed by atoms with Crippen LogP contribution in [0.15, 0.2) is 18.3 Å². The molecule has 0 N–H and O–H groups in total. The molecule has 19 heteroatoms. The smallest absolute Gasteiger partial charge is 0.376 e. The maximum atomic E-state index is 13.1. The number of nitrogens with zero attached hydrogens (tertiary/aromatic N) is 3. The predicted molar refractivity (Wildman–Crippen MR) is 124 cm³/mol. The van der Waals surface area contributed by atoms with Crippen molar-refractivity contribution < 1.29 is 52.2 Å². The number of aryl methyl sites for hydroxylation is 1. The summed E-state index contributed by atoms with van der Waals surface area (Å²) in [5, 5.41) is 3.13. The number of halogens is 8. The molecule has 0 unspecified atom stereocenters. The van der Waals surface area contributed by atoms with Gasteiger partial charge in [0.05, 0.1) is 5.69 Å². The van der Waals surface area contributed by atoms with Gasteiger partial charge < -0.3 is 9.08 Å². The summed E-state index contributed by atoms with van der Waals surface area (Å²) in [5.74, 6) is -1.75. The van der Waals surface area contributed by atoms with Crippen molar-refractivity contribution in [1.29, 1.82) is 0 Å². The molecular formula is C20H17Cl2F6N3O6S2. The van der Waals surface area contributed by atoms with Gasteiger partial charge in [0.2, 0.25) is 5.91 Å². The highest BCUT2D eigenvalue weighted by Gasteiger charge is 2.49. The van der Waals surface area contributed by atoms with Gasteiger partial charge in [-0.15, -0.1) is 0 Å². The summed E-state index contributed by atoms with van der Waals surface area (Å²) in [6.45, 7) is 0.277. The number of hydrogen-bond acceptors (Lipinski definition) is 7. The Morgan fingerprint density at radius 3 is 2.18 bits per heavy atom. The lowest BCUT2D eigenvalue weighted by molar-refractivity contribution is -0.133. The van der Waals surface area contributed by atoms with Gasteiger partial charge in [-0.2, -0.15) is 52.4 Å². The molecule has 2 heterocycles. The maximum absolute atomic E-state index is 13.1. The lowest BCUT2D eigenvalue weighted by Gasteiger charge is -2.31. The molecule has 1 saturated heterocycles. The fraction of sp³-hybridized carbons (Fsp3) is 0.500. The van der Waals surface area contributed by atoms with E-state index in [2.05, 4.69) is 9.28 Å². The molecule has 9 nitrogen and oxygen atoms in total. The summed E-state index contributed by atoms with van der Waals surface area (Å²) >= 11 is 12.2. The molecule has 2 aliphatic rings. The van der Waals surface area contributed by atoms with Gasteiger partial charge in [-0.05, 0) is 43.2 Å². The molecule has 1 fully saturated rings. The first kappa shape index (κ1) is 29.7. The number of likely N-dealkylation sites (tertiary alicyclic amines) is 1. The van der Waals surface area contributed by atoms with Crippen molar-refractivity contribution in [2.45, 2.75) is 49.2 Å². The van der Waals surface area contributed by atoms with Crippen molar-refractivity contribution in [2.24, 2.45) is 5.92 Å². The van der Waals surface area contributed by atoms with Gasteiger partial charge in [-0.25, -0.2) is 0 Å². The molecule has 1 amide bonds. The zero-order chi connectivity index (χ0) is 29.1. The average Bonchev–Trinajstić information content (AvgIpc) is 3.37. The highest BCUT2D eigenvalue weighted by atomic mass is 35.5. The van der Waals surface area contributed by atoms with E-state index in [4.69, 9.17) is 23.2 Å². The molecule has 2 aromatic rings. The highest BCUT2D eigenvalue weighted by Crippen LogP contribution is 2.37. The highest BCUT2D eigenvalue weighted by molar-refractivity contribution is 7.90. The van der Waals surface area contributed by atoms with E-state index in [0.29, 0.717) is 12.8 Å². The zero-order valence-corrected chi connectivity index (χ0v) is 22.4. The summed E-state index contributed by atoms with van der Waals surface area (Å²) in [5.41, 5.74) is -10.6. The molecule has 0 bridgehead atoms. The normalized spacial score (nSPS) is 20.8. The summed E-state index contributed by atoms with van der Waals surface area (Å²) in [6.07, 6.45) is 1.66. The Hall–Kier alpha value is -2.24. The van der Waals surface area contributed by atoms with Gasteiger partial charge in [-0.1, -0.05) is 23.2 Å². The van der Waals surface area contributed by atoms with Crippen LogP contribution < -0.4 is 4.18 Å². The lowest BCUT2D eigenvalue weighted by atomic mass is 9.92. The lowest BCUT2D eigenvalue weighted by Crippen LogP contribution is -2.41. The van der Waals surface area contributed by atoms with Crippen LogP contribution in [-0.4, -0.2) is 60.4 Å². The van der Waals surface area contributed by atoms with Crippen LogP contribution in [-0.2, 0) is 44.2 Å². The summed E-state index contributed by atoms with van der Waals surface area (Å²) in [7, 11) is -11.6. The van der Waals surface area contributed by atoms with Gasteiger partial charge >= 0.3 is 31.2 Å². The SMILES string of the molecule is O=C1[C@H](Cc2c(Cl)cc(OS(=O)(=O)C(F)(F)F)cc2Cl)CCN1[C@@H]1CCc2nn(S(=O)(=O)C(F)(F)F)cc2C1. The first-order valence-corrected chi connectivity index (χ1v) is 14.6. The van der Waals surface area contributed by atoms with Gasteiger partial charge in [0, 0.05) is 46.9 Å². The fourth-order valence-corrected chi connectivity index (χ4v) is 6.26. The number of rotatable bonds is 6. The molecule has 39 heavy (non-hydrogen) atoms. The van der Waals surface area contributed by atoms with E-state index < -0.39 is 48.9 Å². The molecule has 4 rings (SSSR count). The van der Waals surface area contributed by atoms with Crippen molar-refractivity contribution in [1.82, 2.24) is 14.1 Å². The van der Waals surface area contributed by atoms with E-state index in [1.807, 2.05) is 0 Å². The fourth-order valence-electron chi connectivity index (χ4n) is 4.51. The second kappa shape index (κ2) is 9.99. The number of benzene rings is 1. The minimum absolute atomic E-state index is 0.0287. The van der Waals surface area contributed by atoms with Crippen molar-refractivity contribution in [3.8, 4) is 5.75 Å². The van der Waals surface area contributed by atoms with Crippen molar-refractivity contribution in [3.05, 3.63) is 45.2 Å². The van der Waals surface area contributed by atoms with Crippen LogP contribution in [0.2, 0.25) is 10.0 Å². The first-order valence-electron chi connectivity index (χ1n) is 11.0. The monoisotopic (exact) mass is 643 g/mol. The minimum atomic E-state index is -5.96. The Morgan fingerprint density at radius 2 is 1.62 bits per heavy atom. The number of carbonyl (C=O) groups is 1. The molecule has 0 radical (unpaired) electrons. The summed E-state index contributed by atoms with van der Waals surface area (Å²) in [6, 6.07) is 1.23. The van der Waals surface area contributed by atoms with Crippen LogP contribution in [0.4, 0.5) is 26.3 Å². The average molecular weight is 644 g/mol. The van der Waals surface area contributed by atoms with E-state index in [9.17, 15) is 48.0 Å². The number of hydrogen-bond donors (Lipinski definition) is 0. The van der Waals surface area contributed by atoms with Crippen molar-refractivity contribution in [3.63, 3.8) is 0 Å². The van der Waals surface area contributed by atoms with E-state index in [-0.39, 0.29) is 62.7 Å². The maximum Gasteiger partial charge on any atom is 0.534 e. The Labute approximate surface area is 227 Å². The largest absolute Gasteiger partial charge is 0.534 e. The summed E-state index contributed by atoms with van der Waals surface area (Å²) < 4.78 is 126. The van der Waals surface area contributed by atoms with Crippen LogP contribution in [0.1, 0.15) is 29.7 Å². The third kappa shape index (κ3) is 5.67. The molecule has 2 atom stereocenters. The molecular weight excluding hydrogens is 627 g/mol. The first-order chi connectivity index (χ1) is 17.8. The predicted octanol–water partition coefficient (Wildman–Crippen LogP) is 4.06. The van der Waals surface area contributed by atoms with E-state index >= 15 is 0 Å². The van der Waals surface area contributed by atoms with Gasteiger partial charge in [0.15, 0.2) is 0 Å². The second-order valence-corrected chi connectivity index (χ2v) is 13.0. The zero-order valence-electron chi connectivity index (χ0n) is 19.3. The van der Waals surface area contributed by atoms with E-state index in [1.165, 1.54) is 4.90 Å². The molecule has 216 valence electrons. The van der Waals surface area contributed by atoms with E-state index in [1.54, 1.807) is 0 Å². The van der Waals surface area contributed by atoms with Crippen LogP contribution in [0.25, 0.3) is 0 Å². The van der Waals surface area contributed by atoms with Crippen LogP contribution in [0, 0.1) is 5.92 Å². The van der Waals surface area contributed by atoms with E-state index in [0.717, 1.165) is 18.3 Å². The quantitative estimate of drug-likeness (QED) is 0.265. The van der Waals surface area contributed by atoms with Crippen LogP contribution in [0.3, 0.4) is 0 Å². The number of fused-ring (bicyclic) bond motifs is 1. The Balaban J connectivity index is 1.46. The Kier molecular flexibility index (Phi) is 7.62. The molecule has 0 spiro atoms. The molecule has 1 aromatic carbocycles. The Morgan fingerprint density at radius 1 is 1.00 bits per heavy atom. The van der Waals surface area contributed by atoms with Gasteiger partial charge in [-0.3, -0.25) is 4.79 Å². The van der Waals surface area contributed by atoms with Crippen LogP contribution in [0.5, 0.6) is 5.75 Å². The number of amides is 1. The second-order valence-electron chi connectivity index (χ2n) is 8.89. The summed E-state index contributed by atoms with van der Waals surface area (Å²) in [4.78, 5) is 14.7. The minimum Gasteiger partial charge on any atom is -0.376 e. The molecule has 1 aromatic heterocycles. The van der Waals surface area contributed by atoms with Gasteiger partial charge in [0.25, 0.3) is 0 Å². The molecule has 1 aliphatic carbocycles. The molecule has 0 saturated carbocycles. The Bertz CT molecular complexity index is 1500. The number of alkyl halides is 6. The van der Waals surface area contributed by atoms with Crippen LogP contribution >= 0.6 is 23.2 Å². The van der Waals surface area contributed by atoms with Gasteiger partial charge in [0.1, 0.15) is 5.75 Å². The topological polar surface area (TPSA) is 116 Å². The standard InChI is InChI=1S/C20H17Cl2F6N3O6S2/c21-15-7-13(37-39(35,36)20(26,27)28)8-16(22)14(15)6-10-3-4-30(18(10)32)12-1-2-17-11(5-12)9-31(29-17)38(33,34)19(23,24)25/h7-10,12H,1-6H2/t10-,12+/m0/s1. The molecule has 1 aliphatic heterocycles. The third-order valence-corrected chi connectivity index (χ3v) is 9.33. The number of aromatic nitrogens is 2.